The van der Waals surface area contributed by atoms with Gasteiger partial charge in [-0.2, -0.15) is 0 Å². The van der Waals surface area contributed by atoms with Gasteiger partial charge in [-0.05, 0) is 67.0 Å². The van der Waals surface area contributed by atoms with Crippen LogP contribution in [0.15, 0.2) is 36.4 Å². The SMILES string of the molecule is NCCCc1ccc2c(c1)N(Cc1cccc3c1C(=O)N(C1CCC(=O)NC1=O)C3)CCC2. The second-order valence-corrected chi connectivity index (χ2v) is 9.23. The minimum atomic E-state index is -0.587. The van der Waals surface area contributed by atoms with Gasteiger partial charge in [0.25, 0.3) is 5.91 Å². The van der Waals surface area contributed by atoms with Crippen LogP contribution in [0.1, 0.15) is 58.3 Å². The summed E-state index contributed by atoms with van der Waals surface area (Å²) in [7, 11) is 0. The topological polar surface area (TPSA) is 95.7 Å². The second kappa shape index (κ2) is 8.98. The number of rotatable bonds is 6. The van der Waals surface area contributed by atoms with Crippen molar-refractivity contribution < 1.29 is 14.4 Å². The van der Waals surface area contributed by atoms with Gasteiger partial charge in [-0.3, -0.25) is 19.7 Å². The maximum absolute atomic E-state index is 13.4. The van der Waals surface area contributed by atoms with Gasteiger partial charge in [-0.1, -0.05) is 30.3 Å². The van der Waals surface area contributed by atoms with E-state index in [1.165, 1.54) is 16.8 Å². The van der Waals surface area contributed by atoms with Gasteiger partial charge in [-0.25, -0.2) is 0 Å². The summed E-state index contributed by atoms with van der Waals surface area (Å²) in [6.07, 6.45) is 4.73. The molecule has 3 N–H and O–H groups in total. The largest absolute Gasteiger partial charge is 0.367 e. The Morgan fingerprint density at radius 2 is 1.94 bits per heavy atom. The maximum Gasteiger partial charge on any atom is 0.255 e. The molecule has 3 heterocycles. The number of fused-ring (bicyclic) bond motifs is 2. The molecule has 0 saturated carbocycles. The zero-order chi connectivity index (χ0) is 22.9. The summed E-state index contributed by atoms with van der Waals surface area (Å²) in [5.41, 5.74) is 12.3. The quantitative estimate of drug-likeness (QED) is 0.664. The van der Waals surface area contributed by atoms with Crippen LogP contribution in [0.4, 0.5) is 5.69 Å². The molecule has 1 saturated heterocycles. The lowest BCUT2D eigenvalue weighted by Crippen LogP contribution is -2.52. The summed E-state index contributed by atoms with van der Waals surface area (Å²) in [6.45, 7) is 2.70. The first-order valence-corrected chi connectivity index (χ1v) is 11.9. The van der Waals surface area contributed by atoms with Crippen LogP contribution in [0, 0.1) is 0 Å². The second-order valence-electron chi connectivity index (χ2n) is 9.23. The van der Waals surface area contributed by atoms with E-state index in [0.717, 1.165) is 43.4 Å². The molecule has 2 aromatic carbocycles. The lowest BCUT2D eigenvalue weighted by atomic mass is 9.96. The Bertz CT molecular complexity index is 1110. The highest BCUT2D eigenvalue weighted by Crippen LogP contribution is 2.34. The van der Waals surface area contributed by atoms with Crippen molar-refractivity contribution >= 4 is 23.4 Å². The molecule has 0 bridgehead atoms. The van der Waals surface area contributed by atoms with Gasteiger partial charge in [-0.15, -0.1) is 0 Å². The molecule has 172 valence electrons. The molecule has 0 aromatic heterocycles. The average Bonchev–Trinajstić information content (AvgIpc) is 3.15. The Kier molecular flexibility index (Phi) is 5.89. The molecule has 0 radical (unpaired) electrons. The van der Waals surface area contributed by atoms with Crippen LogP contribution in [0.5, 0.6) is 0 Å². The minimum absolute atomic E-state index is 0.107. The summed E-state index contributed by atoms with van der Waals surface area (Å²) in [5, 5.41) is 2.38. The van der Waals surface area contributed by atoms with Gasteiger partial charge >= 0.3 is 0 Å². The number of nitrogens with zero attached hydrogens (tertiary/aromatic N) is 2. The molecule has 3 amide bonds. The molecule has 0 aliphatic carbocycles. The first-order valence-electron chi connectivity index (χ1n) is 11.9. The predicted molar refractivity (Wildman–Crippen MR) is 126 cm³/mol. The molecule has 33 heavy (non-hydrogen) atoms. The van der Waals surface area contributed by atoms with Crippen LogP contribution in [-0.4, -0.2) is 41.8 Å². The minimum Gasteiger partial charge on any atom is -0.367 e. The number of nitrogens with one attached hydrogen (secondary N) is 1. The molecule has 2 aromatic rings. The van der Waals surface area contributed by atoms with Gasteiger partial charge in [0, 0.05) is 37.3 Å². The lowest BCUT2D eigenvalue weighted by molar-refractivity contribution is -0.136. The van der Waals surface area contributed by atoms with Crippen LogP contribution in [-0.2, 0) is 35.5 Å². The Balaban J connectivity index is 1.40. The number of anilines is 1. The van der Waals surface area contributed by atoms with E-state index in [9.17, 15) is 14.4 Å². The highest BCUT2D eigenvalue weighted by molar-refractivity contribution is 6.06. The number of hydrogen-bond donors (Lipinski definition) is 2. The molecular formula is C26H30N4O3. The Morgan fingerprint density at radius 3 is 2.76 bits per heavy atom. The number of benzene rings is 2. The van der Waals surface area contributed by atoms with Crippen molar-refractivity contribution in [3.63, 3.8) is 0 Å². The zero-order valence-electron chi connectivity index (χ0n) is 18.8. The smallest absolute Gasteiger partial charge is 0.255 e. The van der Waals surface area contributed by atoms with Crippen LogP contribution in [0.3, 0.4) is 0 Å². The number of piperidine rings is 1. The molecule has 0 spiro atoms. The van der Waals surface area contributed by atoms with Crippen molar-refractivity contribution in [3.05, 3.63) is 64.2 Å². The van der Waals surface area contributed by atoms with Crippen LogP contribution in [0.25, 0.3) is 0 Å². The van der Waals surface area contributed by atoms with Gasteiger partial charge in [0.15, 0.2) is 0 Å². The molecule has 1 atom stereocenters. The normalized spacial score (nSPS) is 20.0. The fourth-order valence-electron chi connectivity index (χ4n) is 5.35. The summed E-state index contributed by atoms with van der Waals surface area (Å²) >= 11 is 0. The van der Waals surface area contributed by atoms with Gasteiger partial charge in [0.05, 0.1) is 0 Å². The van der Waals surface area contributed by atoms with Crippen molar-refractivity contribution in [3.8, 4) is 0 Å². The van der Waals surface area contributed by atoms with Crippen molar-refractivity contribution in [1.29, 1.82) is 0 Å². The van der Waals surface area contributed by atoms with Crippen LogP contribution in [0.2, 0.25) is 0 Å². The van der Waals surface area contributed by atoms with Gasteiger partial charge < -0.3 is 15.5 Å². The fourth-order valence-corrected chi connectivity index (χ4v) is 5.35. The van der Waals surface area contributed by atoms with E-state index in [0.29, 0.717) is 31.6 Å². The number of imide groups is 1. The molecule has 7 heteroatoms. The highest BCUT2D eigenvalue weighted by atomic mass is 16.2. The number of nitrogens with two attached hydrogens (primary N) is 1. The number of amides is 3. The summed E-state index contributed by atoms with van der Waals surface area (Å²) in [6, 6.07) is 12.1. The fraction of sp³-hybridized carbons (Fsp3) is 0.423. The molecule has 7 nitrogen and oxygen atoms in total. The molecule has 5 rings (SSSR count). The zero-order valence-corrected chi connectivity index (χ0v) is 18.8. The van der Waals surface area contributed by atoms with Gasteiger partial charge in [0.2, 0.25) is 11.8 Å². The monoisotopic (exact) mass is 446 g/mol. The third kappa shape index (κ3) is 4.13. The first kappa shape index (κ1) is 21.6. The van der Waals surface area contributed by atoms with Crippen molar-refractivity contribution in [2.75, 3.05) is 18.0 Å². The van der Waals surface area contributed by atoms with E-state index in [1.54, 1.807) is 4.90 Å². The van der Waals surface area contributed by atoms with E-state index in [4.69, 9.17) is 5.73 Å². The highest BCUT2D eigenvalue weighted by Gasteiger charge is 2.40. The summed E-state index contributed by atoms with van der Waals surface area (Å²) in [4.78, 5) is 41.4. The van der Waals surface area contributed by atoms with Crippen LogP contribution < -0.4 is 16.0 Å². The van der Waals surface area contributed by atoms with E-state index in [-0.39, 0.29) is 24.1 Å². The van der Waals surface area contributed by atoms with E-state index in [1.807, 2.05) is 18.2 Å². The molecule has 1 fully saturated rings. The predicted octanol–water partition coefficient (Wildman–Crippen LogP) is 2.29. The Hall–Kier alpha value is -3.19. The lowest BCUT2D eigenvalue weighted by Gasteiger charge is -2.32. The molecule has 3 aliphatic heterocycles. The van der Waals surface area contributed by atoms with Crippen LogP contribution >= 0.6 is 0 Å². The first-order chi connectivity index (χ1) is 16.0. The number of aryl methyl sites for hydroxylation is 2. The van der Waals surface area contributed by atoms with Crippen molar-refractivity contribution in [2.45, 2.75) is 57.7 Å². The standard InChI is InChI=1S/C26H30N4O3/c27-12-2-4-17-8-9-18-7-3-13-29(22(18)14-17)15-19-5-1-6-20-16-30(26(33)24(19)20)21-10-11-23(31)28-25(21)32/h1,5-6,8-9,14,21H,2-4,7,10-13,15-16,27H2,(H,28,31,32). The Morgan fingerprint density at radius 1 is 1.06 bits per heavy atom. The molecular weight excluding hydrogens is 416 g/mol. The molecule has 1 unspecified atom stereocenters. The Labute approximate surface area is 193 Å². The van der Waals surface area contributed by atoms with Crippen molar-refractivity contribution in [2.24, 2.45) is 5.73 Å². The van der Waals surface area contributed by atoms with E-state index >= 15 is 0 Å². The van der Waals surface area contributed by atoms with Crippen molar-refractivity contribution in [1.82, 2.24) is 10.2 Å². The van der Waals surface area contributed by atoms with E-state index in [2.05, 4.69) is 28.4 Å². The number of carbonyl (C=O) groups excluding carboxylic acids is 3. The summed E-state index contributed by atoms with van der Waals surface area (Å²) in [5.74, 6) is -0.747. The third-order valence-corrected chi connectivity index (χ3v) is 7.03. The third-order valence-electron chi connectivity index (χ3n) is 7.03. The summed E-state index contributed by atoms with van der Waals surface area (Å²) < 4.78 is 0. The molecule has 3 aliphatic rings. The van der Waals surface area contributed by atoms with E-state index < -0.39 is 6.04 Å². The number of hydrogen-bond acceptors (Lipinski definition) is 5. The average molecular weight is 447 g/mol. The van der Waals surface area contributed by atoms with Gasteiger partial charge in [0.1, 0.15) is 6.04 Å². The maximum atomic E-state index is 13.4. The number of carbonyl (C=O) groups is 3.